The van der Waals surface area contributed by atoms with Gasteiger partial charge < -0.3 is 4.74 Å². The number of sulfonamides is 1. The lowest BCUT2D eigenvalue weighted by Gasteiger charge is -2.11. The monoisotopic (exact) mass is 375 g/mol. The Balaban J connectivity index is 2.14. The highest BCUT2D eigenvalue weighted by molar-refractivity contribution is 7.89. The quantitative estimate of drug-likeness (QED) is 0.593. The lowest BCUT2D eigenvalue weighted by atomic mass is 10.2. The molecular weight excluding hydrogens is 354 g/mol. The van der Waals surface area contributed by atoms with E-state index in [0.717, 1.165) is 9.87 Å². The van der Waals surface area contributed by atoms with E-state index in [2.05, 4.69) is 10.5 Å². The van der Waals surface area contributed by atoms with E-state index in [4.69, 9.17) is 4.74 Å². The van der Waals surface area contributed by atoms with Crippen LogP contribution in [0, 0.1) is 0 Å². The van der Waals surface area contributed by atoms with Gasteiger partial charge >= 0.3 is 0 Å². The number of carbonyl (C=O) groups is 1. The molecular formula is C18H21N3O4S. The normalized spacial score (nSPS) is 11.7. The van der Waals surface area contributed by atoms with Crippen molar-refractivity contribution >= 4 is 22.1 Å². The largest absolute Gasteiger partial charge is 0.493 e. The molecule has 0 saturated heterocycles. The number of nitrogens with one attached hydrogen (secondary N) is 1. The molecule has 0 radical (unpaired) electrons. The van der Waals surface area contributed by atoms with Gasteiger partial charge in [0.15, 0.2) is 0 Å². The first-order valence-electron chi connectivity index (χ1n) is 7.94. The molecule has 7 nitrogen and oxygen atoms in total. The Morgan fingerprint density at radius 3 is 2.62 bits per heavy atom. The summed E-state index contributed by atoms with van der Waals surface area (Å²) in [6.07, 6.45) is 1.48. The third-order valence-corrected chi connectivity index (χ3v) is 5.27. The number of amides is 1. The van der Waals surface area contributed by atoms with E-state index in [1.807, 2.05) is 31.2 Å². The number of carbonyl (C=O) groups excluding carboxylic acids is 1. The van der Waals surface area contributed by atoms with E-state index in [1.165, 1.54) is 44.6 Å². The highest BCUT2D eigenvalue weighted by Crippen LogP contribution is 2.16. The number of hydrazone groups is 1. The summed E-state index contributed by atoms with van der Waals surface area (Å²) in [5.41, 5.74) is 3.31. The fourth-order valence-electron chi connectivity index (χ4n) is 2.11. The molecule has 26 heavy (non-hydrogen) atoms. The molecule has 1 N–H and O–H groups in total. The number of ether oxygens (including phenoxy) is 1. The van der Waals surface area contributed by atoms with E-state index in [0.29, 0.717) is 12.4 Å². The standard InChI is InChI=1S/C18H21N3O4S/c1-4-25-17-11-6-5-8-15(17)13-19-20-18(22)14-9-7-10-16(12-14)26(23,24)21(2)3/h5-13H,4H2,1-3H3,(H,20,22)/b19-13-. The molecule has 0 unspecified atom stereocenters. The van der Waals surface area contributed by atoms with E-state index in [1.54, 1.807) is 0 Å². The van der Waals surface area contributed by atoms with Crippen molar-refractivity contribution in [3.63, 3.8) is 0 Å². The third kappa shape index (κ3) is 4.68. The maximum atomic E-state index is 12.2. The molecule has 0 aliphatic heterocycles. The molecule has 8 heteroatoms. The Morgan fingerprint density at radius 1 is 1.19 bits per heavy atom. The minimum atomic E-state index is -3.61. The average molecular weight is 375 g/mol. The zero-order valence-electron chi connectivity index (χ0n) is 14.8. The molecule has 0 fully saturated rings. The van der Waals surface area contributed by atoms with Crippen molar-refractivity contribution in [1.82, 2.24) is 9.73 Å². The minimum Gasteiger partial charge on any atom is -0.493 e. The molecule has 0 heterocycles. The highest BCUT2D eigenvalue weighted by atomic mass is 32.2. The Morgan fingerprint density at radius 2 is 1.92 bits per heavy atom. The second kappa shape index (κ2) is 8.59. The van der Waals surface area contributed by atoms with Crippen LogP contribution < -0.4 is 10.2 Å². The first-order chi connectivity index (χ1) is 12.4. The number of benzene rings is 2. The van der Waals surface area contributed by atoms with Crippen LogP contribution in [0.15, 0.2) is 58.5 Å². The Bertz CT molecular complexity index is 908. The van der Waals surface area contributed by atoms with Gasteiger partial charge in [-0.25, -0.2) is 18.1 Å². The van der Waals surface area contributed by atoms with Gasteiger partial charge in [-0.15, -0.1) is 0 Å². The van der Waals surface area contributed by atoms with Crippen molar-refractivity contribution in [3.05, 3.63) is 59.7 Å². The maximum absolute atomic E-state index is 12.2. The van der Waals surface area contributed by atoms with Gasteiger partial charge in [0.2, 0.25) is 10.0 Å². The van der Waals surface area contributed by atoms with Crippen molar-refractivity contribution in [2.45, 2.75) is 11.8 Å². The molecule has 0 aromatic heterocycles. The third-order valence-electron chi connectivity index (χ3n) is 3.46. The lowest BCUT2D eigenvalue weighted by molar-refractivity contribution is 0.0955. The number of hydrogen-bond donors (Lipinski definition) is 1. The smallest absolute Gasteiger partial charge is 0.271 e. The summed E-state index contributed by atoms with van der Waals surface area (Å²) in [4.78, 5) is 12.3. The molecule has 1 amide bonds. The topological polar surface area (TPSA) is 88.1 Å². The van der Waals surface area contributed by atoms with Crippen molar-refractivity contribution in [2.24, 2.45) is 5.10 Å². The van der Waals surface area contributed by atoms with Crippen molar-refractivity contribution in [3.8, 4) is 5.75 Å². The number of nitrogens with zero attached hydrogens (tertiary/aromatic N) is 2. The van der Waals surface area contributed by atoms with E-state index in [-0.39, 0.29) is 10.5 Å². The van der Waals surface area contributed by atoms with Crippen LogP contribution >= 0.6 is 0 Å². The summed E-state index contributed by atoms with van der Waals surface area (Å²) in [5.74, 6) is 0.151. The summed E-state index contributed by atoms with van der Waals surface area (Å²) < 4.78 is 30.9. The first-order valence-corrected chi connectivity index (χ1v) is 9.38. The summed E-state index contributed by atoms with van der Waals surface area (Å²) in [6.45, 7) is 2.40. The van der Waals surface area contributed by atoms with Gasteiger partial charge in [-0.3, -0.25) is 4.79 Å². The van der Waals surface area contributed by atoms with Crippen molar-refractivity contribution in [2.75, 3.05) is 20.7 Å². The number of rotatable bonds is 7. The highest BCUT2D eigenvalue weighted by Gasteiger charge is 2.18. The molecule has 2 aromatic rings. The van der Waals surface area contributed by atoms with E-state index in [9.17, 15) is 13.2 Å². The van der Waals surface area contributed by atoms with Gasteiger partial charge in [-0.2, -0.15) is 5.10 Å². The van der Waals surface area contributed by atoms with E-state index >= 15 is 0 Å². The average Bonchev–Trinajstić information content (AvgIpc) is 2.63. The predicted octanol–water partition coefficient (Wildman–Crippen LogP) is 2.10. The lowest BCUT2D eigenvalue weighted by Crippen LogP contribution is -2.23. The van der Waals surface area contributed by atoms with Crippen LogP contribution in [0.2, 0.25) is 0 Å². The van der Waals surface area contributed by atoms with Crippen LogP contribution in [0.4, 0.5) is 0 Å². The second-order valence-corrected chi connectivity index (χ2v) is 7.64. The summed E-state index contributed by atoms with van der Waals surface area (Å²) >= 11 is 0. The van der Waals surface area contributed by atoms with Gasteiger partial charge in [-0.1, -0.05) is 18.2 Å². The summed E-state index contributed by atoms with van der Waals surface area (Å²) in [6, 6.07) is 13.1. The minimum absolute atomic E-state index is 0.0424. The SMILES string of the molecule is CCOc1ccccc1/C=N\NC(=O)c1cccc(S(=O)(=O)N(C)C)c1. The summed E-state index contributed by atoms with van der Waals surface area (Å²) in [5, 5.41) is 3.92. The van der Waals surface area contributed by atoms with Crippen LogP contribution in [0.3, 0.4) is 0 Å². The molecule has 0 spiro atoms. The number of para-hydroxylation sites is 1. The summed E-state index contributed by atoms with van der Waals surface area (Å²) in [7, 11) is -0.745. The second-order valence-electron chi connectivity index (χ2n) is 5.49. The molecule has 0 atom stereocenters. The molecule has 138 valence electrons. The fraction of sp³-hybridized carbons (Fsp3) is 0.222. The van der Waals surface area contributed by atoms with Crippen LogP contribution in [0.25, 0.3) is 0 Å². The fourth-order valence-corrected chi connectivity index (χ4v) is 3.06. The van der Waals surface area contributed by atoms with Crippen LogP contribution in [0.5, 0.6) is 5.75 Å². The molecule has 2 rings (SSSR count). The Labute approximate surface area is 153 Å². The Kier molecular flexibility index (Phi) is 6.48. The van der Waals surface area contributed by atoms with E-state index < -0.39 is 15.9 Å². The molecule has 2 aromatic carbocycles. The van der Waals surface area contributed by atoms with Crippen LogP contribution in [-0.4, -0.2) is 45.5 Å². The van der Waals surface area contributed by atoms with Crippen LogP contribution in [0.1, 0.15) is 22.8 Å². The van der Waals surface area contributed by atoms with Gasteiger partial charge in [0, 0.05) is 25.2 Å². The predicted molar refractivity (Wildman–Crippen MR) is 100.0 cm³/mol. The van der Waals surface area contributed by atoms with Gasteiger partial charge in [0.05, 0.1) is 17.7 Å². The van der Waals surface area contributed by atoms with Gasteiger partial charge in [0.1, 0.15) is 5.75 Å². The molecule has 0 aliphatic rings. The first kappa shape index (κ1) is 19.6. The zero-order valence-corrected chi connectivity index (χ0v) is 15.7. The number of hydrogen-bond acceptors (Lipinski definition) is 5. The van der Waals surface area contributed by atoms with Gasteiger partial charge in [-0.05, 0) is 37.3 Å². The maximum Gasteiger partial charge on any atom is 0.271 e. The van der Waals surface area contributed by atoms with Gasteiger partial charge in [0.25, 0.3) is 5.91 Å². The molecule has 0 saturated carbocycles. The zero-order chi connectivity index (χ0) is 19.2. The van der Waals surface area contributed by atoms with Crippen molar-refractivity contribution < 1.29 is 17.9 Å². The molecule has 0 aliphatic carbocycles. The molecule has 0 bridgehead atoms. The van der Waals surface area contributed by atoms with Crippen molar-refractivity contribution in [1.29, 1.82) is 0 Å². The Hall–Kier alpha value is -2.71. The van der Waals surface area contributed by atoms with Crippen LogP contribution in [-0.2, 0) is 10.0 Å².